The predicted octanol–water partition coefficient (Wildman–Crippen LogP) is 0.777. The second kappa shape index (κ2) is 5.75. The number of ketones is 1. The number of carbonyl (C=O) groups excluding carboxylic acids is 1. The van der Waals surface area contributed by atoms with E-state index in [1.54, 1.807) is 13.8 Å². The van der Waals surface area contributed by atoms with Crippen molar-refractivity contribution in [3.63, 3.8) is 0 Å². The van der Waals surface area contributed by atoms with Crippen LogP contribution < -0.4 is 0 Å². The summed E-state index contributed by atoms with van der Waals surface area (Å²) in [6.45, 7) is 4.35. The molecule has 0 fully saturated rings. The Hall–Kier alpha value is -0.230. The summed E-state index contributed by atoms with van der Waals surface area (Å²) in [6, 6.07) is 0. The van der Waals surface area contributed by atoms with Gasteiger partial charge in [-0.15, -0.1) is 0 Å². The van der Waals surface area contributed by atoms with Crippen LogP contribution in [-0.4, -0.2) is 32.4 Å². The molecule has 0 aliphatic carbocycles. The molecule has 90 valence electrons. The van der Waals surface area contributed by atoms with Crippen LogP contribution in [-0.2, 0) is 28.2 Å². The monoisotopic (exact) mass is 258 g/mol. The Morgan fingerprint density at radius 3 is 2.07 bits per heavy atom. The molecule has 0 N–H and O–H groups in total. The maximum Gasteiger partial charge on any atom is 0.265 e. The van der Waals surface area contributed by atoms with Gasteiger partial charge in [0.1, 0.15) is 0 Å². The number of rotatable bonds is 6. The van der Waals surface area contributed by atoms with E-state index in [0.717, 1.165) is 13.2 Å². The third-order valence-corrected chi connectivity index (χ3v) is 3.58. The van der Waals surface area contributed by atoms with Crippen molar-refractivity contribution in [3.05, 3.63) is 0 Å². The van der Waals surface area contributed by atoms with Crippen molar-refractivity contribution in [2.75, 3.05) is 6.26 Å². The molecular formula is C7H15O6PS. The van der Waals surface area contributed by atoms with Gasteiger partial charge in [0.25, 0.3) is 10.1 Å². The fourth-order valence-corrected chi connectivity index (χ4v) is 2.99. The van der Waals surface area contributed by atoms with Crippen molar-refractivity contribution < 1.29 is 26.5 Å². The first kappa shape index (κ1) is 14.8. The van der Waals surface area contributed by atoms with E-state index in [4.69, 9.17) is 4.52 Å². The van der Waals surface area contributed by atoms with Crippen LogP contribution in [0.2, 0.25) is 0 Å². The summed E-state index contributed by atoms with van der Waals surface area (Å²) < 4.78 is 42.2. The topological polar surface area (TPSA) is 86.7 Å². The molecule has 0 heterocycles. The van der Waals surface area contributed by atoms with Crippen LogP contribution in [0.15, 0.2) is 0 Å². The standard InChI is InChI=1S/C7H15O6PS/c1-5(2)12-14(9)7(6(3)8)13-15(4,10)11/h5,7,14H,1-4H3. The Morgan fingerprint density at radius 2 is 1.80 bits per heavy atom. The van der Waals surface area contributed by atoms with E-state index in [1.165, 1.54) is 0 Å². The van der Waals surface area contributed by atoms with Crippen molar-refractivity contribution in [2.45, 2.75) is 32.7 Å². The number of hydrogen-bond acceptors (Lipinski definition) is 6. The van der Waals surface area contributed by atoms with Crippen LogP contribution in [0.4, 0.5) is 0 Å². The first-order valence-electron chi connectivity index (χ1n) is 4.22. The third kappa shape index (κ3) is 6.78. The predicted molar refractivity (Wildman–Crippen MR) is 55.6 cm³/mol. The summed E-state index contributed by atoms with van der Waals surface area (Å²) in [7, 11) is -6.69. The van der Waals surface area contributed by atoms with Gasteiger partial charge in [-0.3, -0.25) is 9.36 Å². The SMILES string of the molecule is CC(=O)C(OS(C)(=O)=O)[PH](=O)OC(C)C. The van der Waals surface area contributed by atoms with Crippen LogP contribution in [0.3, 0.4) is 0 Å². The Kier molecular flexibility index (Phi) is 5.66. The lowest BCUT2D eigenvalue weighted by molar-refractivity contribution is -0.120. The molecule has 0 aliphatic rings. The molecule has 0 bridgehead atoms. The fraction of sp³-hybridized carbons (Fsp3) is 0.857. The molecule has 6 nitrogen and oxygen atoms in total. The van der Waals surface area contributed by atoms with E-state index >= 15 is 0 Å². The van der Waals surface area contributed by atoms with E-state index in [-0.39, 0.29) is 6.10 Å². The Labute approximate surface area is 89.9 Å². The summed E-state index contributed by atoms with van der Waals surface area (Å²) in [6.07, 6.45) is 0.425. The molecule has 0 radical (unpaired) electrons. The second-order valence-corrected chi connectivity index (χ2v) is 6.28. The van der Waals surface area contributed by atoms with Crippen molar-refractivity contribution in [3.8, 4) is 0 Å². The molecule has 2 atom stereocenters. The van der Waals surface area contributed by atoms with E-state index in [1.807, 2.05) is 0 Å². The van der Waals surface area contributed by atoms with E-state index in [0.29, 0.717) is 0 Å². The minimum atomic E-state index is -3.82. The molecule has 15 heavy (non-hydrogen) atoms. The molecule has 2 unspecified atom stereocenters. The zero-order valence-electron chi connectivity index (χ0n) is 9.01. The molecule has 0 aliphatic heterocycles. The van der Waals surface area contributed by atoms with Crippen LogP contribution >= 0.6 is 8.03 Å². The van der Waals surface area contributed by atoms with Gasteiger partial charge in [0.2, 0.25) is 13.9 Å². The highest BCUT2D eigenvalue weighted by Crippen LogP contribution is 2.33. The Bertz CT molecular complexity index is 346. The lowest BCUT2D eigenvalue weighted by atomic mass is 10.5. The molecule has 0 saturated carbocycles. The average Bonchev–Trinajstić information content (AvgIpc) is 1.96. The minimum absolute atomic E-state index is 0.360. The average molecular weight is 258 g/mol. The largest absolute Gasteiger partial charge is 0.326 e. The maximum absolute atomic E-state index is 11.4. The van der Waals surface area contributed by atoms with Crippen molar-refractivity contribution in [1.29, 1.82) is 0 Å². The molecule has 0 rings (SSSR count). The fourth-order valence-electron chi connectivity index (χ4n) is 0.742. The Balaban J connectivity index is 4.68. The lowest BCUT2D eigenvalue weighted by Crippen LogP contribution is -2.22. The molecule has 0 spiro atoms. The van der Waals surface area contributed by atoms with Gasteiger partial charge >= 0.3 is 0 Å². The molecule has 8 heteroatoms. The Morgan fingerprint density at radius 1 is 1.33 bits per heavy atom. The molecule has 0 aromatic rings. The van der Waals surface area contributed by atoms with E-state index < -0.39 is 29.8 Å². The van der Waals surface area contributed by atoms with Gasteiger partial charge in [-0.2, -0.15) is 8.42 Å². The van der Waals surface area contributed by atoms with Gasteiger partial charge in [-0.05, 0) is 20.8 Å². The first-order chi connectivity index (χ1) is 6.63. The summed E-state index contributed by atoms with van der Waals surface area (Å²) in [5.41, 5.74) is 0. The van der Waals surface area contributed by atoms with E-state index in [9.17, 15) is 17.8 Å². The molecule has 0 amide bonds. The van der Waals surface area contributed by atoms with Crippen LogP contribution in [0.25, 0.3) is 0 Å². The quantitative estimate of drug-likeness (QED) is 0.516. The van der Waals surface area contributed by atoms with Crippen molar-refractivity contribution in [1.82, 2.24) is 0 Å². The normalized spacial score (nSPS) is 16.3. The van der Waals surface area contributed by atoms with Crippen LogP contribution in [0.1, 0.15) is 20.8 Å². The van der Waals surface area contributed by atoms with Crippen LogP contribution in [0.5, 0.6) is 0 Å². The van der Waals surface area contributed by atoms with E-state index in [2.05, 4.69) is 4.18 Å². The zero-order valence-corrected chi connectivity index (χ0v) is 10.8. The molecule has 0 aromatic heterocycles. The zero-order chi connectivity index (χ0) is 12.2. The van der Waals surface area contributed by atoms with Gasteiger partial charge in [-0.25, -0.2) is 4.18 Å². The van der Waals surface area contributed by atoms with Gasteiger partial charge < -0.3 is 4.52 Å². The first-order valence-corrected chi connectivity index (χ1v) is 7.43. The van der Waals surface area contributed by atoms with Gasteiger partial charge in [0.15, 0.2) is 5.78 Å². The summed E-state index contributed by atoms with van der Waals surface area (Å²) in [5, 5.41) is 0. The maximum atomic E-state index is 11.4. The third-order valence-electron chi connectivity index (χ3n) is 1.21. The highest BCUT2D eigenvalue weighted by atomic mass is 32.2. The van der Waals surface area contributed by atoms with Gasteiger partial charge in [0, 0.05) is 0 Å². The summed E-state index contributed by atoms with van der Waals surface area (Å²) in [5.74, 6) is -2.16. The molecule has 0 aromatic carbocycles. The summed E-state index contributed by atoms with van der Waals surface area (Å²) in [4.78, 5) is 11.0. The minimum Gasteiger partial charge on any atom is -0.326 e. The summed E-state index contributed by atoms with van der Waals surface area (Å²) >= 11 is 0. The number of hydrogen-bond donors (Lipinski definition) is 0. The van der Waals surface area contributed by atoms with Gasteiger partial charge in [0.05, 0.1) is 12.4 Å². The smallest absolute Gasteiger partial charge is 0.265 e. The van der Waals surface area contributed by atoms with Crippen LogP contribution in [0, 0.1) is 0 Å². The van der Waals surface area contributed by atoms with Crippen molar-refractivity contribution >= 4 is 23.9 Å². The highest BCUT2D eigenvalue weighted by molar-refractivity contribution is 7.86. The molecular weight excluding hydrogens is 243 g/mol. The van der Waals surface area contributed by atoms with Crippen molar-refractivity contribution in [2.24, 2.45) is 0 Å². The number of Topliss-reactive ketones (excluding diaryl/α,β-unsaturated/α-hetero) is 1. The number of carbonyl (C=O) groups is 1. The second-order valence-electron chi connectivity index (χ2n) is 3.28. The highest BCUT2D eigenvalue weighted by Gasteiger charge is 2.27. The lowest BCUT2D eigenvalue weighted by Gasteiger charge is -2.14. The van der Waals surface area contributed by atoms with Gasteiger partial charge in [-0.1, -0.05) is 0 Å². The molecule has 0 saturated heterocycles.